The van der Waals surface area contributed by atoms with E-state index in [1.54, 1.807) is 12.3 Å². The molecule has 92 valence electrons. The molecule has 0 radical (unpaired) electrons. The van der Waals surface area contributed by atoms with Gasteiger partial charge in [-0.1, -0.05) is 12.8 Å². The van der Waals surface area contributed by atoms with Crippen LogP contribution in [-0.2, 0) is 0 Å². The van der Waals surface area contributed by atoms with Crippen LogP contribution < -0.4 is 4.90 Å². The van der Waals surface area contributed by atoms with Crippen molar-refractivity contribution in [2.75, 3.05) is 11.4 Å². The minimum Gasteiger partial charge on any atom is -0.368 e. The molecule has 2 atom stereocenters. The highest BCUT2D eigenvalue weighted by Crippen LogP contribution is 2.37. The molecule has 1 aromatic rings. The molecule has 17 heavy (non-hydrogen) atoms. The van der Waals surface area contributed by atoms with Crippen LogP contribution in [0.3, 0.4) is 0 Å². The van der Waals surface area contributed by atoms with E-state index in [2.05, 4.69) is 9.88 Å². The number of anilines is 1. The normalized spacial score (nSPS) is 28.9. The Bertz CT molecular complexity index is 392. The maximum absolute atomic E-state index is 13.2. The number of nitrogens with zero attached hydrogens (tertiary/aromatic N) is 2. The molecule has 1 saturated heterocycles. The van der Waals surface area contributed by atoms with Crippen molar-refractivity contribution in [3.05, 3.63) is 24.3 Å². The number of hydrogen-bond acceptors (Lipinski definition) is 2. The van der Waals surface area contributed by atoms with Crippen LogP contribution in [0.25, 0.3) is 0 Å². The van der Waals surface area contributed by atoms with Gasteiger partial charge in [-0.05, 0) is 37.7 Å². The Balaban J connectivity index is 1.85. The van der Waals surface area contributed by atoms with E-state index in [1.807, 2.05) is 6.07 Å². The second-order valence-electron chi connectivity index (χ2n) is 5.28. The topological polar surface area (TPSA) is 16.1 Å². The number of piperidine rings is 1. The lowest BCUT2D eigenvalue weighted by Crippen LogP contribution is -2.46. The van der Waals surface area contributed by atoms with Crippen LogP contribution in [0.15, 0.2) is 18.3 Å². The summed E-state index contributed by atoms with van der Waals surface area (Å²) in [4.78, 5) is 6.06. The minimum absolute atomic E-state index is 0.361. The standard InChI is InChI=1S/C14H19FN2/c15-14-10-12(7-8-16-14)17-9-3-5-11-4-1-2-6-13(11)17/h7-8,10-11,13H,1-6,9H2. The fourth-order valence-electron chi connectivity index (χ4n) is 3.52. The smallest absolute Gasteiger partial charge is 0.214 e. The van der Waals surface area contributed by atoms with E-state index >= 15 is 0 Å². The average Bonchev–Trinajstić information content (AvgIpc) is 2.38. The lowest BCUT2D eigenvalue weighted by Gasteiger charge is -2.45. The first-order valence-corrected chi connectivity index (χ1v) is 6.73. The van der Waals surface area contributed by atoms with Gasteiger partial charge in [0.25, 0.3) is 0 Å². The van der Waals surface area contributed by atoms with E-state index in [9.17, 15) is 4.39 Å². The zero-order valence-electron chi connectivity index (χ0n) is 10.1. The molecule has 2 nitrogen and oxygen atoms in total. The predicted octanol–water partition coefficient (Wildman–Crippen LogP) is 3.38. The van der Waals surface area contributed by atoms with Gasteiger partial charge in [0, 0.05) is 30.5 Å². The van der Waals surface area contributed by atoms with Crippen LogP contribution in [0.4, 0.5) is 10.1 Å². The van der Waals surface area contributed by atoms with Crippen LogP contribution in [-0.4, -0.2) is 17.6 Å². The van der Waals surface area contributed by atoms with Crippen LogP contribution in [0.1, 0.15) is 38.5 Å². The summed E-state index contributed by atoms with van der Waals surface area (Å²) < 4.78 is 13.2. The van der Waals surface area contributed by atoms with Crippen molar-refractivity contribution in [2.24, 2.45) is 5.92 Å². The lowest BCUT2D eigenvalue weighted by molar-refractivity contribution is 0.243. The second-order valence-corrected chi connectivity index (χ2v) is 5.28. The fourth-order valence-corrected chi connectivity index (χ4v) is 3.52. The third-order valence-corrected chi connectivity index (χ3v) is 4.29. The summed E-state index contributed by atoms with van der Waals surface area (Å²) in [5.74, 6) is 0.467. The molecule has 0 spiro atoms. The largest absolute Gasteiger partial charge is 0.368 e. The molecule has 3 rings (SSSR count). The summed E-state index contributed by atoms with van der Waals surface area (Å²) in [7, 11) is 0. The molecule has 2 fully saturated rings. The molecule has 1 aromatic heterocycles. The number of pyridine rings is 1. The summed E-state index contributed by atoms with van der Waals surface area (Å²) >= 11 is 0. The Morgan fingerprint density at radius 1 is 1.18 bits per heavy atom. The SMILES string of the molecule is Fc1cc(N2CCCC3CCCCC32)ccn1. The molecular formula is C14H19FN2. The van der Waals surface area contributed by atoms with Crippen molar-refractivity contribution in [3.63, 3.8) is 0 Å². The first-order valence-electron chi connectivity index (χ1n) is 6.73. The maximum atomic E-state index is 13.2. The van der Waals surface area contributed by atoms with Crippen LogP contribution in [0.5, 0.6) is 0 Å². The van der Waals surface area contributed by atoms with Gasteiger partial charge in [0.05, 0.1) is 0 Å². The third-order valence-electron chi connectivity index (χ3n) is 4.29. The molecule has 2 unspecified atom stereocenters. The van der Waals surface area contributed by atoms with Gasteiger partial charge in [0.2, 0.25) is 5.95 Å². The number of hydrogen-bond donors (Lipinski definition) is 0. The highest BCUT2D eigenvalue weighted by atomic mass is 19.1. The molecule has 1 aliphatic carbocycles. The van der Waals surface area contributed by atoms with Gasteiger partial charge in [0.1, 0.15) is 0 Å². The van der Waals surface area contributed by atoms with Crippen molar-refractivity contribution in [2.45, 2.75) is 44.6 Å². The van der Waals surface area contributed by atoms with E-state index in [0.29, 0.717) is 6.04 Å². The van der Waals surface area contributed by atoms with Crippen molar-refractivity contribution in [1.29, 1.82) is 0 Å². The molecule has 3 heteroatoms. The van der Waals surface area contributed by atoms with Crippen molar-refractivity contribution < 1.29 is 4.39 Å². The Hall–Kier alpha value is -1.12. The van der Waals surface area contributed by atoms with Gasteiger partial charge in [0.15, 0.2) is 0 Å². The monoisotopic (exact) mass is 234 g/mol. The van der Waals surface area contributed by atoms with Crippen LogP contribution in [0.2, 0.25) is 0 Å². The average molecular weight is 234 g/mol. The summed E-state index contributed by atoms with van der Waals surface area (Å²) in [5, 5.41) is 0. The Labute approximate surface area is 102 Å². The van der Waals surface area contributed by atoms with Gasteiger partial charge in [-0.3, -0.25) is 0 Å². The molecule has 0 amide bonds. The van der Waals surface area contributed by atoms with Gasteiger partial charge >= 0.3 is 0 Å². The molecule has 1 saturated carbocycles. The Kier molecular flexibility index (Phi) is 3.00. The fraction of sp³-hybridized carbons (Fsp3) is 0.643. The zero-order valence-corrected chi connectivity index (χ0v) is 10.1. The van der Waals surface area contributed by atoms with E-state index < -0.39 is 0 Å². The zero-order chi connectivity index (χ0) is 11.7. The number of fused-ring (bicyclic) bond motifs is 1. The highest BCUT2D eigenvalue weighted by Gasteiger charge is 2.33. The highest BCUT2D eigenvalue weighted by molar-refractivity contribution is 5.46. The van der Waals surface area contributed by atoms with Crippen LogP contribution >= 0.6 is 0 Å². The minimum atomic E-state index is -0.361. The van der Waals surface area contributed by atoms with E-state index in [-0.39, 0.29) is 5.95 Å². The third kappa shape index (κ3) is 2.15. The quantitative estimate of drug-likeness (QED) is 0.692. The molecule has 0 bridgehead atoms. The van der Waals surface area contributed by atoms with Crippen LogP contribution in [0, 0.1) is 11.9 Å². The lowest BCUT2D eigenvalue weighted by atomic mass is 9.78. The van der Waals surface area contributed by atoms with Gasteiger partial charge < -0.3 is 4.90 Å². The Morgan fingerprint density at radius 2 is 2.00 bits per heavy atom. The van der Waals surface area contributed by atoms with Gasteiger partial charge in [-0.15, -0.1) is 0 Å². The Morgan fingerprint density at radius 3 is 2.88 bits per heavy atom. The van der Waals surface area contributed by atoms with Gasteiger partial charge in [-0.25, -0.2) is 4.98 Å². The van der Waals surface area contributed by atoms with E-state index in [4.69, 9.17) is 0 Å². The summed E-state index contributed by atoms with van der Waals surface area (Å²) in [6, 6.07) is 4.16. The van der Waals surface area contributed by atoms with E-state index in [0.717, 1.165) is 18.2 Å². The summed E-state index contributed by atoms with van der Waals surface area (Å²) in [6.45, 7) is 1.07. The van der Waals surface area contributed by atoms with Crippen molar-refractivity contribution >= 4 is 5.69 Å². The molecule has 0 aromatic carbocycles. The van der Waals surface area contributed by atoms with Gasteiger partial charge in [-0.2, -0.15) is 4.39 Å². The predicted molar refractivity (Wildman–Crippen MR) is 66.5 cm³/mol. The second kappa shape index (κ2) is 4.63. The molecule has 0 N–H and O–H groups in total. The summed E-state index contributed by atoms with van der Waals surface area (Å²) in [5.41, 5.74) is 1.02. The van der Waals surface area contributed by atoms with Crippen molar-refractivity contribution in [1.82, 2.24) is 4.98 Å². The number of rotatable bonds is 1. The summed E-state index contributed by atoms with van der Waals surface area (Å²) in [6.07, 6.45) is 9.51. The van der Waals surface area contributed by atoms with Crippen molar-refractivity contribution in [3.8, 4) is 0 Å². The number of halogens is 1. The van der Waals surface area contributed by atoms with E-state index in [1.165, 1.54) is 38.5 Å². The molecule has 1 aliphatic heterocycles. The molecular weight excluding hydrogens is 215 g/mol. The molecule has 2 heterocycles. The maximum Gasteiger partial charge on any atom is 0.214 e. The first-order chi connectivity index (χ1) is 8.34. The first kappa shape index (κ1) is 11.0. The molecule has 2 aliphatic rings. The number of aromatic nitrogens is 1.